The molecule has 0 spiro atoms. The molecule has 0 aromatic carbocycles. The molecular weight excluding hydrogens is 117 g/mol. The second-order valence-corrected chi connectivity index (χ2v) is 2.91. The van der Waals surface area contributed by atoms with Gasteiger partial charge in [-0.3, -0.25) is 0 Å². The minimum absolute atomic E-state index is 0.301. The topological polar surface area (TPSA) is 3.24 Å². The SMILES string of the molecule is CCC1CN(C)CC1F. The van der Waals surface area contributed by atoms with Crippen molar-refractivity contribution in [3.63, 3.8) is 0 Å². The smallest absolute Gasteiger partial charge is 0.117 e. The Kier molecular flexibility index (Phi) is 2.06. The normalized spacial score (nSPS) is 37.7. The summed E-state index contributed by atoms with van der Waals surface area (Å²) in [5, 5.41) is 0. The van der Waals surface area contributed by atoms with Gasteiger partial charge in [0.2, 0.25) is 0 Å². The second-order valence-electron chi connectivity index (χ2n) is 2.91. The average Bonchev–Trinajstić information content (AvgIpc) is 2.10. The number of hydrogen-bond acceptors (Lipinski definition) is 1. The summed E-state index contributed by atoms with van der Waals surface area (Å²) in [6, 6.07) is 0. The molecular formula is C7H14FN. The van der Waals surface area contributed by atoms with Gasteiger partial charge < -0.3 is 4.90 Å². The van der Waals surface area contributed by atoms with E-state index >= 15 is 0 Å². The zero-order valence-electron chi connectivity index (χ0n) is 6.10. The van der Waals surface area contributed by atoms with E-state index in [0.717, 1.165) is 13.0 Å². The first-order valence-electron chi connectivity index (χ1n) is 3.56. The monoisotopic (exact) mass is 131 g/mol. The minimum Gasteiger partial charge on any atom is -0.303 e. The Labute approximate surface area is 55.8 Å². The third-order valence-electron chi connectivity index (χ3n) is 2.07. The van der Waals surface area contributed by atoms with Gasteiger partial charge in [-0.15, -0.1) is 0 Å². The molecule has 2 unspecified atom stereocenters. The van der Waals surface area contributed by atoms with Crippen LogP contribution in [-0.2, 0) is 0 Å². The lowest BCUT2D eigenvalue weighted by molar-refractivity contribution is 0.274. The highest BCUT2D eigenvalue weighted by molar-refractivity contribution is 4.80. The zero-order chi connectivity index (χ0) is 6.85. The van der Waals surface area contributed by atoms with Gasteiger partial charge in [0.1, 0.15) is 6.17 Å². The molecule has 0 aliphatic carbocycles. The summed E-state index contributed by atoms with van der Waals surface area (Å²) < 4.78 is 12.8. The van der Waals surface area contributed by atoms with E-state index in [0.29, 0.717) is 12.5 Å². The third kappa shape index (κ3) is 1.42. The van der Waals surface area contributed by atoms with Crippen LogP contribution < -0.4 is 0 Å². The summed E-state index contributed by atoms with van der Waals surface area (Å²) in [5.74, 6) is 0.301. The Hall–Kier alpha value is -0.110. The molecule has 0 amide bonds. The van der Waals surface area contributed by atoms with Crippen molar-refractivity contribution in [1.29, 1.82) is 0 Å². The van der Waals surface area contributed by atoms with Crippen molar-refractivity contribution >= 4 is 0 Å². The van der Waals surface area contributed by atoms with Crippen LogP contribution in [0.3, 0.4) is 0 Å². The van der Waals surface area contributed by atoms with Crippen molar-refractivity contribution in [1.82, 2.24) is 4.90 Å². The number of halogens is 1. The van der Waals surface area contributed by atoms with Crippen molar-refractivity contribution in [2.45, 2.75) is 19.5 Å². The van der Waals surface area contributed by atoms with Crippen LogP contribution in [0.1, 0.15) is 13.3 Å². The van der Waals surface area contributed by atoms with Crippen LogP contribution in [-0.4, -0.2) is 31.2 Å². The maximum atomic E-state index is 12.8. The van der Waals surface area contributed by atoms with E-state index in [-0.39, 0.29) is 0 Å². The summed E-state index contributed by atoms with van der Waals surface area (Å²) in [7, 11) is 1.97. The molecule has 1 nitrogen and oxygen atoms in total. The second kappa shape index (κ2) is 2.65. The summed E-state index contributed by atoms with van der Waals surface area (Å²) in [4.78, 5) is 2.05. The van der Waals surface area contributed by atoms with Crippen LogP contribution in [0.25, 0.3) is 0 Å². The molecule has 1 aliphatic heterocycles. The van der Waals surface area contributed by atoms with Gasteiger partial charge in [-0.2, -0.15) is 0 Å². The van der Waals surface area contributed by atoms with Gasteiger partial charge in [-0.05, 0) is 13.5 Å². The first-order chi connectivity index (χ1) is 4.24. The van der Waals surface area contributed by atoms with Crippen LogP contribution >= 0.6 is 0 Å². The zero-order valence-corrected chi connectivity index (χ0v) is 6.10. The van der Waals surface area contributed by atoms with Gasteiger partial charge in [0.15, 0.2) is 0 Å². The molecule has 1 aliphatic rings. The van der Waals surface area contributed by atoms with Gasteiger partial charge in [0.05, 0.1) is 0 Å². The van der Waals surface area contributed by atoms with Crippen molar-refractivity contribution in [2.24, 2.45) is 5.92 Å². The van der Waals surface area contributed by atoms with Crippen molar-refractivity contribution in [3.05, 3.63) is 0 Å². The van der Waals surface area contributed by atoms with Gasteiger partial charge in [-0.1, -0.05) is 6.92 Å². The standard InChI is InChI=1S/C7H14FN/c1-3-6-4-9(2)5-7(6)8/h6-7H,3-5H2,1-2H3. The molecule has 0 radical (unpaired) electrons. The van der Waals surface area contributed by atoms with Gasteiger partial charge >= 0.3 is 0 Å². The Balaban J connectivity index is 2.38. The fraction of sp³-hybridized carbons (Fsp3) is 1.00. The molecule has 54 valence electrons. The van der Waals surface area contributed by atoms with Crippen LogP contribution in [0.2, 0.25) is 0 Å². The van der Waals surface area contributed by atoms with E-state index in [1.54, 1.807) is 0 Å². The first kappa shape index (κ1) is 7.00. The van der Waals surface area contributed by atoms with Gasteiger partial charge in [0.25, 0.3) is 0 Å². The lowest BCUT2D eigenvalue weighted by Crippen LogP contribution is -2.13. The van der Waals surface area contributed by atoms with Crippen LogP contribution in [0.5, 0.6) is 0 Å². The van der Waals surface area contributed by atoms with Gasteiger partial charge in [-0.25, -0.2) is 4.39 Å². The quantitative estimate of drug-likeness (QED) is 0.518. The molecule has 2 heteroatoms. The molecule has 1 fully saturated rings. The highest BCUT2D eigenvalue weighted by Crippen LogP contribution is 2.20. The van der Waals surface area contributed by atoms with E-state index in [1.807, 2.05) is 7.05 Å². The Morgan fingerprint density at radius 3 is 2.44 bits per heavy atom. The molecule has 0 aromatic rings. The molecule has 0 N–H and O–H groups in total. The molecule has 1 rings (SSSR count). The Bertz CT molecular complexity index is 94.9. The number of rotatable bonds is 1. The Morgan fingerprint density at radius 2 is 2.22 bits per heavy atom. The highest BCUT2D eigenvalue weighted by Gasteiger charge is 2.28. The molecule has 0 saturated carbocycles. The largest absolute Gasteiger partial charge is 0.303 e. The third-order valence-corrected chi connectivity index (χ3v) is 2.07. The summed E-state index contributed by atoms with van der Waals surface area (Å²) >= 11 is 0. The molecule has 0 aromatic heterocycles. The first-order valence-corrected chi connectivity index (χ1v) is 3.56. The maximum Gasteiger partial charge on any atom is 0.117 e. The van der Waals surface area contributed by atoms with E-state index in [4.69, 9.17) is 0 Å². The minimum atomic E-state index is -0.569. The Morgan fingerprint density at radius 1 is 1.56 bits per heavy atom. The van der Waals surface area contributed by atoms with Crippen molar-refractivity contribution in [3.8, 4) is 0 Å². The lowest BCUT2D eigenvalue weighted by atomic mass is 10.1. The molecule has 2 atom stereocenters. The predicted molar refractivity (Wildman–Crippen MR) is 36.2 cm³/mol. The fourth-order valence-corrected chi connectivity index (χ4v) is 1.42. The van der Waals surface area contributed by atoms with Crippen LogP contribution in [0.4, 0.5) is 4.39 Å². The summed E-state index contributed by atoms with van der Waals surface area (Å²) in [6.45, 7) is 3.63. The number of hydrogen-bond donors (Lipinski definition) is 0. The number of likely N-dealkylation sites (tertiary alicyclic amines) is 1. The van der Waals surface area contributed by atoms with E-state index in [9.17, 15) is 4.39 Å². The maximum absolute atomic E-state index is 12.8. The number of nitrogens with zero attached hydrogens (tertiary/aromatic N) is 1. The lowest BCUT2D eigenvalue weighted by Gasteiger charge is -2.06. The highest BCUT2D eigenvalue weighted by atomic mass is 19.1. The van der Waals surface area contributed by atoms with Crippen molar-refractivity contribution < 1.29 is 4.39 Å². The summed E-state index contributed by atoms with van der Waals surface area (Å²) in [5.41, 5.74) is 0. The van der Waals surface area contributed by atoms with E-state index < -0.39 is 6.17 Å². The molecule has 0 bridgehead atoms. The van der Waals surface area contributed by atoms with Crippen molar-refractivity contribution in [2.75, 3.05) is 20.1 Å². The summed E-state index contributed by atoms with van der Waals surface area (Å²) in [6.07, 6.45) is 0.408. The number of alkyl halides is 1. The average molecular weight is 131 g/mol. The van der Waals surface area contributed by atoms with Crippen LogP contribution in [0.15, 0.2) is 0 Å². The molecule has 1 saturated heterocycles. The molecule has 1 heterocycles. The predicted octanol–water partition coefficient (Wildman–Crippen LogP) is 1.30. The van der Waals surface area contributed by atoms with E-state index in [2.05, 4.69) is 11.8 Å². The fourth-order valence-electron chi connectivity index (χ4n) is 1.42. The van der Waals surface area contributed by atoms with Gasteiger partial charge in [0, 0.05) is 19.0 Å². The molecule has 9 heavy (non-hydrogen) atoms. The van der Waals surface area contributed by atoms with Crippen LogP contribution in [0, 0.1) is 5.92 Å². The van der Waals surface area contributed by atoms with E-state index in [1.165, 1.54) is 0 Å².